The molecule has 0 saturated carbocycles. The third-order valence-electron chi connectivity index (χ3n) is 5.91. The van der Waals surface area contributed by atoms with Crippen LogP contribution in [0.25, 0.3) is 0 Å². The molecule has 0 unspecified atom stereocenters. The van der Waals surface area contributed by atoms with Crippen LogP contribution >= 0.6 is 0 Å². The maximum absolute atomic E-state index is 14.1. The molecule has 28 heavy (non-hydrogen) atoms. The van der Waals surface area contributed by atoms with Crippen LogP contribution in [0.4, 0.5) is 8.78 Å². The quantitative estimate of drug-likeness (QED) is 0.869. The first-order valence-corrected chi connectivity index (χ1v) is 10.0. The van der Waals surface area contributed by atoms with Crippen molar-refractivity contribution in [1.29, 1.82) is 0 Å². The molecular formula is C21H28F2N4O. The second-order valence-corrected chi connectivity index (χ2v) is 8.14. The summed E-state index contributed by atoms with van der Waals surface area (Å²) in [6, 6.07) is 3.19. The Kier molecular flexibility index (Phi) is 5.24. The fourth-order valence-corrected chi connectivity index (χ4v) is 4.50. The molecule has 0 aliphatic carbocycles. The molecule has 1 fully saturated rings. The predicted octanol–water partition coefficient (Wildman–Crippen LogP) is 3.48. The molecule has 3 atom stereocenters. The zero-order chi connectivity index (χ0) is 20.0. The molecule has 2 aliphatic heterocycles. The van der Waals surface area contributed by atoms with Gasteiger partial charge < -0.3 is 15.0 Å². The number of hydrogen-bond donors (Lipinski definition) is 1. The maximum atomic E-state index is 14.1. The highest BCUT2D eigenvalue weighted by Gasteiger charge is 2.38. The number of nitrogens with zero attached hydrogens (tertiary/aromatic N) is 3. The lowest BCUT2D eigenvalue weighted by Crippen LogP contribution is -2.48. The van der Waals surface area contributed by atoms with E-state index in [0.717, 1.165) is 43.3 Å². The highest BCUT2D eigenvalue weighted by molar-refractivity contribution is 5.25. The first-order valence-electron chi connectivity index (χ1n) is 10.0. The Bertz CT molecular complexity index is 866. The number of imidazole rings is 1. The number of hydrogen-bond acceptors (Lipinski definition) is 4. The molecule has 2 N–H and O–H groups in total. The minimum absolute atomic E-state index is 0.143. The van der Waals surface area contributed by atoms with E-state index in [1.807, 2.05) is 0 Å². The fourth-order valence-electron chi connectivity index (χ4n) is 4.50. The summed E-state index contributed by atoms with van der Waals surface area (Å²) in [5.74, 6) is 0.585. The summed E-state index contributed by atoms with van der Waals surface area (Å²) in [5, 5.41) is 0. The van der Waals surface area contributed by atoms with E-state index in [1.54, 1.807) is 0 Å². The Balaban J connectivity index is 1.46. The summed E-state index contributed by atoms with van der Waals surface area (Å²) in [6.45, 7) is 9.44. The van der Waals surface area contributed by atoms with E-state index in [-0.39, 0.29) is 17.6 Å². The Morgan fingerprint density at radius 3 is 2.75 bits per heavy atom. The van der Waals surface area contributed by atoms with E-state index >= 15 is 0 Å². The van der Waals surface area contributed by atoms with Crippen molar-refractivity contribution >= 4 is 0 Å². The van der Waals surface area contributed by atoms with Gasteiger partial charge in [0.2, 0.25) is 0 Å². The molecule has 2 aromatic rings. The number of halogens is 2. The van der Waals surface area contributed by atoms with Crippen LogP contribution in [-0.2, 0) is 24.4 Å². The van der Waals surface area contributed by atoms with E-state index in [2.05, 4.69) is 30.2 Å². The monoisotopic (exact) mass is 390 g/mol. The highest BCUT2D eigenvalue weighted by atomic mass is 19.1. The van der Waals surface area contributed by atoms with Gasteiger partial charge in [-0.15, -0.1) is 0 Å². The Labute approximate surface area is 164 Å². The smallest absolute Gasteiger partial charge is 0.129 e. The number of nitrogens with two attached hydrogens (primary N) is 1. The number of aromatic nitrogens is 2. The van der Waals surface area contributed by atoms with Gasteiger partial charge in [-0.2, -0.15) is 0 Å². The van der Waals surface area contributed by atoms with Crippen molar-refractivity contribution in [3.63, 3.8) is 0 Å². The van der Waals surface area contributed by atoms with Gasteiger partial charge in [0.1, 0.15) is 23.6 Å². The minimum atomic E-state index is -0.618. The van der Waals surface area contributed by atoms with Crippen LogP contribution < -0.4 is 5.73 Å². The van der Waals surface area contributed by atoms with E-state index in [1.165, 1.54) is 11.8 Å². The van der Waals surface area contributed by atoms with Crippen molar-refractivity contribution in [2.45, 2.75) is 70.9 Å². The first kappa shape index (κ1) is 19.5. The number of benzene rings is 1. The SMILES string of the molecule is CCn1c(C(C)C)nc2c1CN([C@H]1CO[C@H](c3cc(F)ccc3F)[C@@H](N)C1)C2. The second-order valence-electron chi connectivity index (χ2n) is 8.14. The van der Waals surface area contributed by atoms with Crippen LogP contribution in [0.1, 0.15) is 62.0 Å². The molecule has 4 rings (SSSR count). The Hall–Kier alpha value is -1.83. The predicted molar refractivity (Wildman–Crippen MR) is 103 cm³/mol. The minimum Gasteiger partial charge on any atom is -0.370 e. The molecule has 0 bridgehead atoms. The number of rotatable bonds is 4. The van der Waals surface area contributed by atoms with Gasteiger partial charge in [-0.25, -0.2) is 13.8 Å². The van der Waals surface area contributed by atoms with Gasteiger partial charge in [-0.3, -0.25) is 4.90 Å². The van der Waals surface area contributed by atoms with Crippen molar-refractivity contribution in [2.75, 3.05) is 6.61 Å². The fraction of sp³-hybridized carbons (Fsp3) is 0.571. The van der Waals surface area contributed by atoms with Gasteiger partial charge >= 0.3 is 0 Å². The molecule has 1 aromatic carbocycles. The van der Waals surface area contributed by atoms with Crippen molar-refractivity contribution in [3.8, 4) is 0 Å². The van der Waals surface area contributed by atoms with E-state index in [0.29, 0.717) is 18.9 Å². The summed E-state index contributed by atoms with van der Waals surface area (Å²) >= 11 is 0. The van der Waals surface area contributed by atoms with Gasteiger partial charge in [0.15, 0.2) is 0 Å². The maximum Gasteiger partial charge on any atom is 0.129 e. The molecule has 1 aromatic heterocycles. The summed E-state index contributed by atoms with van der Waals surface area (Å²) in [4.78, 5) is 7.21. The molecule has 0 amide bonds. The largest absolute Gasteiger partial charge is 0.370 e. The molecule has 3 heterocycles. The lowest BCUT2D eigenvalue weighted by Gasteiger charge is -2.38. The highest BCUT2D eigenvalue weighted by Crippen LogP contribution is 2.35. The van der Waals surface area contributed by atoms with Crippen LogP contribution in [0, 0.1) is 11.6 Å². The summed E-state index contributed by atoms with van der Waals surface area (Å²) < 4.78 is 35.9. The standard InChI is InChI=1S/C21H28F2N4O/c1-4-27-19-10-26(9-18(19)25-21(27)12(2)3)14-8-17(24)20(28-11-14)15-7-13(22)5-6-16(15)23/h5-7,12,14,17,20H,4,8-11,24H2,1-3H3/t14-,17+,20-/m1/s1. The molecule has 152 valence electrons. The number of fused-ring (bicyclic) bond motifs is 1. The average Bonchev–Trinajstić information content (AvgIpc) is 3.21. The lowest BCUT2D eigenvalue weighted by atomic mass is 9.93. The van der Waals surface area contributed by atoms with Crippen LogP contribution in [0.15, 0.2) is 18.2 Å². The summed E-state index contributed by atoms with van der Waals surface area (Å²) in [5.41, 5.74) is 8.94. The molecule has 7 heteroatoms. The van der Waals surface area contributed by atoms with Gasteiger partial charge in [0.25, 0.3) is 0 Å². The third kappa shape index (κ3) is 3.36. The third-order valence-corrected chi connectivity index (χ3v) is 5.91. The lowest BCUT2D eigenvalue weighted by molar-refractivity contribution is -0.0535. The van der Waals surface area contributed by atoms with Gasteiger partial charge in [0, 0.05) is 43.2 Å². The van der Waals surface area contributed by atoms with Crippen LogP contribution in [0.5, 0.6) is 0 Å². The first-order chi connectivity index (χ1) is 13.4. The van der Waals surface area contributed by atoms with Crippen molar-refractivity contribution in [3.05, 3.63) is 52.6 Å². The number of ether oxygens (including phenoxy) is 1. The normalized spacial score (nSPS) is 25.5. The van der Waals surface area contributed by atoms with Crippen molar-refractivity contribution in [1.82, 2.24) is 14.5 Å². The van der Waals surface area contributed by atoms with Crippen molar-refractivity contribution < 1.29 is 13.5 Å². The van der Waals surface area contributed by atoms with Crippen LogP contribution in [0.2, 0.25) is 0 Å². The second kappa shape index (κ2) is 7.54. The molecule has 1 saturated heterocycles. The molecule has 0 radical (unpaired) electrons. The van der Waals surface area contributed by atoms with Crippen LogP contribution in [-0.4, -0.2) is 33.1 Å². The topological polar surface area (TPSA) is 56.3 Å². The van der Waals surface area contributed by atoms with Crippen molar-refractivity contribution in [2.24, 2.45) is 5.73 Å². The molecule has 0 spiro atoms. The Morgan fingerprint density at radius 1 is 1.29 bits per heavy atom. The Morgan fingerprint density at radius 2 is 2.07 bits per heavy atom. The van der Waals surface area contributed by atoms with Crippen LogP contribution in [0.3, 0.4) is 0 Å². The van der Waals surface area contributed by atoms with E-state index in [4.69, 9.17) is 15.5 Å². The summed E-state index contributed by atoms with van der Waals surface area (Å²) in [6.07, 6.45) is 0.0562. The van der Waals surface area contributed by atoms with Gasteiger partial charge in [-0.1, -0.05) is 13.8 Å². The zero-order valence-electron chi connectivity index (χ0n) is 16.7. The molecular weight excluding hydrogens is 362 g/mol. The van der Waals surface area contributed by atoms with E-state index < -0.39 is 17.7 Å². The van der Waals surface area contributed by atoms with Gasteiger partial charge in [0.05, 0.1) is 18.0 Å². The zero-order valence-corrected chi connectivity index (χ0v) is 16.7. The van der Waals surface area contributed by atoms with Gasteiger partial charge in [-0.05, 0) is 31.5 Å². The molecule has 5 nitrogen and oxygen atoms in total. The average molecular weight is 390 g/mol. The summed E-state index contributed by atoms with van der Waals surface area (Å²) in [7, 11) is 0. The molecule has 2 aliphatic rings. The van der Waals surface area contributed by atoms with E-state index in [9.17, 15) is 8.78 Å².